The topological polar surface area (TPSA) is 66.5 Å². The van der Waals surface area contributed by atoms with E-state index < -0.39 is 10.0 Å². The fraction of sp³-hybridized carbons (Fsp3) is 0.650. The van der Waals surface area contributed by atoms with Crippen molar-refractivity contribution in [1.82, 2.24) is 9.62 Å². The Morgan fingerprint density at radius 1 is 1.12 bits per heavy atom. The first-order chi connectivity index (χ1) is 12.4. The molecule has 2 saturated carbocycles. The average molecular weight is 377 g/mol. The number of piperidine rings is 1. The van der Waals surface area contributed by atoms with Gasteiger partial charge in [-0.3, -0.25) is 4.79 Å². The van der Waals surface area contributed by atoms with E-state index >= 15 is 0 Å². The van der Waals surface area contributed by atoms with Gasteiger partial charge in [0.05, 0.1) is 4.90 Å². The smallest absolute Gasteiger partial charge is 0.251 e. The minimum Gasteiger partial charge on any atom is -0.349 e. The molecular weight excluding hydrogens is 348 g/mol. The quantitative estimate of drug-likeness (QED) is 0.878. The Morgan fingerprint density at radius 3 is 2.54 bits per heavy atom. The molecule has 1 saturated heterocycles. The van der Waals surface area contributed by atoms with E-state index in [0.717, 1.165) is 37.2 Å². The fourth-order valence-electron chi connectivity index (χ4n) is 4.93. The van der Waals surface area contributed by atoms with E-state index in [-0.39, 0.29) is 16.8 Å². The number of carbonyl (C=O) groups is 1. The van der Waals surface area contributed by atoms with Gasteiger partial charge in [0, 0.05) is 24.7 Å². The number of benzene rings is 1. The Hall–Kier alpha value is -1.40. The van der Waals surface area contributed by atoms with Crippen molar-refractivity contribution in [3.8, 4) is 0 Å². The zero-order valence-corrected chi connectivity index (χ0v) is 16.2. The van der Waals surface area contributed by atoms with Crippen LogP contribution in [0.25, 0.3) is 0 Å². The fourth-order valence-corrected chi connectivity index (χ4v) is 6.47. The molecule has 1 aromatic carbocycles. The van der Waals surface area contributed by atoms with E-state index in [9.17, 15) is 13.2 Å². The number of sulfonamides is 1. The summed E-state index contributed by atoms with van der Waals surface area (Å²) in [7, 11) is -3.52. The summed E-state index contributed by atoms with van der Waals surface area (Å²) in [5.74, 6) is 1.23. The second-order valence-corrected chi connectivity index (χ2v) is 10.1. The first kappa shape index (κ1) is 18.0. The molecule has 5 nitrogen and oxygen atoms in total. The number of carbonyl (C=O) groups excluding carboxylic acids is 1. The normalized spacial score (nSPS) is 29.0. The van der Waals surface area contributed by atoms with Crippen molar-refractivity contribution in [2.75, 3.05) is 13.1 Å². The van der Waals surface area contributed by atoms with Crippen LogP contribution in [-0.4, -0.2) is 37.8 Å². The molecule has 1 amide bonds. The van der Waals surface area contributed by atoms with Gasteiger partial charge >= 0.3 is 0 Å². The van der Waals surface area contributed by atoms with E-state index in [1.807, 2.05) is 6.92 Å². The lowest BCUT2D eigenvalue weighted by atomic mass is 9.95. The van der Waals surface area contributed by atoms with Crippen LogP contribution in [0.3, 0.4) is 0 Å². The molecule has 6 heteroatoms. The van der Waals surface area contributed by atoms with Crippen molar-refractivity contribution in [3.63, 3.8) is 0 Å². The molecule has 0 radical (unpaired) electrons. The zero-order valence-electron chi connectivity index (χ0n) is 15.4. The van der Waals surface area contributed by atoms with Gasteiger partial charge < -0.3 is 5.32 Å². The summed E-state index contributed by atoms with van der Waals surface area (Å²) in [4.78, 5) is 13.1. The SMILES string of the molecule is Cc1ccc(S(=O)(=O)N2CCCCC2)cc1C(=O)N[C@H]1C[C@@H]2CC[C@@H]1C2. The highest BCUT2D eigenvalue weighted by Gasteiger charge is 2.40. The number of aryl methyl sites for hydroxylation is 1. The number of rotatable bonds is 4. The van der Waals surface area contributed by atoms with Crippen LogP contribution >= 0.6 is 0 Å². The number of hydrogen-bond acceptors (Lipinski definition) is 3. The Morgan fingerprint density at radius 2 is 1.88 bits per heavy atom. The molecule has 142 valence electrons. The van der Waals surface area contributed by atoms with Crippen LogP contribution < -0.4 is 5.32 Å². The molecule has 3 atom stereocenters. The number of amides is 1. The lowest BCUT2D eigenvalue weighted by Crippen LogP contribution is -2.39. The van der Waals surface area contributed by atoms with Gasteiger partial charge in [-0.25, -0.2) is 8.42 Å². The van der Waals surface area contributed by atoms with Crippen molar-refractivity contribution in [2.24, 2.45) is 11.8 Å². The van der Waals surface area contributed by atoms with Gasteiger partial charge in [-0.1, -0.05) is 18.9 Å². The van der Waals surface area contributed by atoms with Gasteiger partial charge in [0.25, 0.3) is 5.91 Å². The zero-order chi connectivity index (χ0) is 18.3. The molecule has 2 aliphatic carbocycles. The summed E-state index contributed by atoms with van der Waals surface area (Å²) in [5.41, 5.74) is 1.31. The molecule has 4 rings (SSSR count). The van der Waals surface area contributed by atoms with Gasteiger partial charge in [-0.15, -0.1) is 0 Å². The number of nitrogens with one attached hydrogen (secondary N) is 1. The highest BCUT2D eigenvalue weighted by Crippen LogP contribution is 2.44. The van der Waals surface area contributed by atoms with Crippen LogP contribution in [0.1, 0.15) is 60.9 Å². The average Bonchev–Trinajstić information content (AvgIpc) is 3.25. The van der Waals surface area contributed by atoms with E-state index in [1.165, 1.54) is 19.3 Å². The highest BCUT2D eigenvalue weighted by molar-refractivity contribution is 7.89. The largest absolute Gasteiger partial charge is 0.349 e. The summed E-state index contributed by atoms with van der Waals surface area (Å²) in [5, 5.41) is 3.18. The van der Waals surface area contributed by atoms with Crippen molar-refractivity contribution in [3.05, 3.63) is 29.3 Å². The molecule has 1 aliphatic heterocycles. The first-order valence-electron chi connectivity index (χ1n) is 9.87. The molecule has 0 unspecified atom stereocenters. The maximum atomic E-state index is 12.9. The van der Waals surface area contributed by atoms with Crippen molar-refractivity contribution in [2.45, 2.75) is 62.8 Å². The third kappa shape index (κ3) is 3.29. The Labute approximate surface area is 156 Å². The van der Waals surface area contributed by atoms with E-state index in [2.05, 4.69) is 5.32 Å². The third-order valence-corrected chi connectivity index (χ3v) is 8.36. The second kappa shape index (κ2) is 6.97. The summed E-state index contributed by atoms with van der Waals surface area (Å²) in [6.45, 7) is 3.01. The lowest BCUT2D eigenvalue weighted by molar-refractivity contribution is 0.0922. The number of nitrogens with zero attached hydrogens (tertiary/aromatic N) is 1. The number of fused-ring (bicyclic) bond motifs is 2. The maximum absolute atomic E-state index is 12.9. The third-order valence-electron chi connectivity index (χ3n) is 6.46. The van der Waals surface area contributed by atoms with Gasteiger partial charge in [0.1, 0.15) is 0 Å². The van der Waals surface area contributed by atoms with E-state index in [4.69, 9.17) is 0 Å². The lowest BCUT2D eigenvalue weighted by Gasteiger charge is -2.26. The van der Waals surface area contributed by atoms with Gasteiger partial charge in [0.2, 0.25) is 10.0 Å². The highest BCUT2D eigenvalue weighted by atomic mass is 32.2. The van der Waals surface area contributed by atoms with E-state index in [0.29, 0.717) is 24.6 Å². The van der Waals surface area contributed by atoms with Crippen molar-refractivity contribution >= 4 is 15.9 Å². The molecular formula is C20H28N2O3S. The van der Waals surface area contributed by atoms with Crippen LogP contribution in [-0.2, 0) is 10.0 Å². The minimum atomic E-state index is -3.52. The molecule has 0 aromatic heterocycles. The maximum Gasteiger partial charge on any atom is 0.251 e. The molecule has 0 spiro atoms. The van der Waals surface area contributed by atoms with Crippen molar-refractivity contribution < 1.29 is 13.2 Å². The Balaban J connectivity index is 1.55. The molecule has 1 heterocycles. The monoisotopic (exact) mass is 376 g/mol. The van der Waals surface area contributed by atoms with Gasteiger partial charge in [0.15, 0.2) is 0 Å². The van der Waals surface area contributed by atoms with Crippen LogP contribution in [0.15, 0.2) is 23.1 Å². The summed E-state index contributed by atoms with van der Waals surface area (Å²) < 4.78 is 27.4. The van der Waals surface area contributed by atoms with E-state index in [1.54, 1.807) is 22.5 Å². The molecule has 3 fully saturated rings. The molecule has 26 heavy (non-hydrogen) atoms. The standard InChI is InChI=1S/C20H28N2O3S/c1-14-5-8-17(26(24,25)22-9-3-2-4-10-22)13-18(14)20(23)21-19-12-15-6-7-16(19)11-15/h5,8,13,15-16,19H,2-4,6-7,9-12H2,1H3,(H,21,23)/t15-,16-,19+/m1/s1. The molecule has 1 aromatic rings. The summed E-state index contributed by atoms with van der Waals surface area (Å²) in [6, 6.07) is 5.21. The molecule has 3 aliphatic rings. The predicted molar refractivity (Wildman–Crippen MR) is 100 cm³/mol. The molecule has 2 bridgehead atoms. The minimum absolute atomic E-state index is 0.129. The van der Waals surface area contributed by atoms with Crippen LogP contribution in [0, 0.1) is 18.8 Å². The van der Waals surface area contributed by atoms with Gasteiger partial charge in [-0.05, 0) is 68.6 Å². The molecule has 1 N–H and O–H groups in total. The van der Waals surface area contributed by atoms with Crippen LogP contribution in [0.5, 0.6) is 0 Å². The number of hydrogen-bond donors (Lipinski definition) is 1. The summed E-state index contributed by atoms with van der Waals surface area (Å²) in [6.07, 6.45) is 7.69. The second-order valence-electron chi connectivity index (χ2n) is 8.20. The Bertz CT molecular complexity index is 799. The van der Waals surface area contributed by atoms with Crippen molar-refractivity contribution in [1.29, 1.82) is 0 Å². The first-order valence-corrected chi connectivity index (χ1v) is 11.3. The van der Waals surface area contributed by atoms with Crippen LogP contribution in [0.2, 0.25) is 0 Å². The predicted octanol–water partition coefficient (Wildman–Crippen LogP) is 3.09. The van der Waals surface area contributed by atoms with Gasteiger partial charge in [-0.2, -0.15) is 4.31 Å². The summed E-state index contributed by atoms with van der Waals surface area (Å²) >= 11 is 0. The van der Waals surface area contributed by atoms with Crippen LogP contribution in [0.4, 0.5) is 0 Å². The Kier molecular flexibility index (Phi) is 4.82.